The number of Topliss-reactive ketones (excluding diaryl/α,β-unsaturated/α-hetero) is 1. The lowest BCUT2D eigenvalue weighted by molar-refractivity contribution is -0.118. The van der Waals surface area contributed by atoms with Crippen LogP contribution in [0, 0.1) is 0 Å². The number of rotatable bonds is 16. The predicted octanol–water partition coefficient (Wildman–Crippen LogP) is 1.46. The highest BCUT2D eigenvalue weighted by Crippen LogP contribution is 2.22. The van der Waals surface area contributed by atoms with Gasteiger partial charge in [0.25, 0.3) is 0 Å². The number of phenolic OH excluding ortho intramolecular Hbond substituents is 1. The number of aromatic hydroxyl groups is 1. The molecule has 1 atom stereocenters. The number of likely N-dealkylation sites (N-methyl/N-ethyl adjacent to an activating group) is 1. The Labute approximate surface area is 223 Å². The summed E-state index contributed by atoms with van der Waals surface area (Å²) in [6.45, 7) is 3.42. The van der Waals surface area contributed by atoms with E-state index in [1.54, 1.807) is 43.4 Å². The number of azide groups is 1. The lowest BCUT2D eigenvalue weighted by Gasteiger charge is -2.14. The van der Waals surface area contributed by atoms with Gasteiger partial charge >= 0.3 is 11.4 Å². The van der Waals surface area contributed by atoms with Crippen molar-refractivity contribution in [1.29, 1.82) is 0 Å². The van der Waals surface area contributed by atoms with Crippen LogP contribution in [0.5, 0.6) is 11.5 Å². The lowest BCUT2D eigenvalue weighted by atomic mass is 10.0. The van der Waals surface area contributed by atoms with Crippen molar-refractivity contribution in [2.45, 2.75) is 19.4 Å². The van der Waals surface area contributed by atoms with Gasteiger partial charge in [-0.15, -0.1) is 0 Å². The van der Waals surface area contributed by atoms with Crippen LogP contribution in [0.25, 0.3) is 21.8 Å². The Morgan fingerprint density at radius 1 is 1.10 bits per heavy atom. The summed E-state index contributed by atoms with van der Waals surface area (Å²) in [5.41, 5.74) is 7.88. The van der Waals surface area contributed by atoms with Crippen molar-refractivity contribution in [3.63, 3.8) is 0 Å². The van der Waals surface area contributed by atoms with Gasteiger partial charge in [-0.3, -0.25) is 4.79 Å². The van der Waals surface area contributed by atoms with Crippen LogP contribution in [0.1, 0.15) is 12.5 Å². The van der Waals surface area contributed by atoms with E-state index in [0.29, 0.717) is 49.8 Å². The summed E-state index contributed by atoms with van der Waals surface area (Å²) in [4.78, 5) is 40.2. The van der Waals surface area contributed by atoms with Gasteiger partial charge in [-0.05, 0) is 67.9 Å². The number of ketones is 1. The van der Waals surface area contributed by atoms with Crippen molar-refractivity contribution in [3.05, 3.63) is 79.4 Å². The number of aromatic amines is 1. The highest BCUT2D eigenvalue weighted by Gasteiger charge is 2.18. The second kappa shape index (κ2) is 14.5. The second-order valence-electron chi connectivity index (χ2n) is 8.37. The number of carbonyl (C=O) groups is 1. The smallest absolute Gasteiger partial charge is 0.356 e. The highest BCUT2D eigenvalue weighted by molar-refractivity contribution is 5.81. The molecule has 0 amide bonds. The van der Waals surface area contributed by atoms with E-state index in [-0.39, 0.29) is 30.4 Å². The Morgan fingerprint density at radius 3 is 2.46 bits per heavy atom. The molecule has 0 spiro atoms. The maximum atomic E-state index is 13.1. The van der Waals surface area contributed by atoms with Gasteiger partial charge in [0.05, 0.1) is 38.2 Å². The molecule has 0 unspecified atom stereocenters. The zero-order chi connectivity index (χ0) is 28.2. The molecule has 0 fully saturated rings. The second-order valence-corrected chi connectivity index (χ2v) is 8.37. The fourth-order valence-electron chi connectivity index (χ4n) is 3.71. The van der Waals surface area contributed by atoms with Crippen LogP contribution < -0.4 is 21.4 Å². The molecule has 0 saturated carbocycles. The average Bonchev–Trinajstić information content (AvgIpc) is 3.22. The van der Waals surface area contributed by atoms with Crippen LogP contribution in [-0.4, -0.2) is 77.9 Å². The molecule has 0 bridgehead atoms. The van der Waals surface area contributed by atoms with Crippen LogP contribution in [0.4, 0.5) is 0 Å². The van der Waals surface area contributed by atoms with Gasteiger partial charge in [0.1, 0.15) is 29.6 Å². The van der Waals surface area contributed by atoms with Gasteiger partial charge in [0.15, 0.2) is 0 Å². The molecule has 1 aromatic heterocycles. The molecule has 14 heteroatoms. The summed E-state index contributed by atoms with van der Waals surface area (Å²) in [7, 11) is 1.68. The summed E-state index contributed by atoms with van der Waals surface area (Å²) in [6, 6.07) is 10.6. The first-order valence-electron chi connectivity index (χ1n) is 12.2. The molecule has 208 valence electrons. The molecule has 2 aromatic carbocycles. The number of ether oxygens (including phenoxy) is 3. The highest BCUT2D eigenvalue weighted by atomic mass is 16.5. The van der Waals surface area contributed by atoms with Crippen molar-refractivity contribution < 1.29 is 24.1 Å². The third-order valence-corrected chi connectivity index (χ3v) is 5.72. The minimum absolute atomic E-state index is 0.0474. The van der Waals surface area contributed by atoms with Gasteiger partial charge in [-0.2, -0.15) is 4.68 Å². The molecule has 0 aliphatic heterocycles. The molecule has 0 aliphatic rings. The molecule has 1 heterocycles. The van der Waals surface area contributed by atoms with E-state index in [9.17, 15) is 19.5 Å². The maximum Gasteiger partial charge on any atom is 0.356 e. The number of benzene rings is 2. The fraction of sp³-hybridized carbons (Fsp3) is 0.400. The van der Waals surface area contributed by atoms with Crippen molar-refractivity contribution >= 4 is 5.78 Å². The van der Waals surface area contributed by atoms with Crippen molar-refractivity contribution in [1.82, 2.24) is 19.7 Å². The molecule has 3 aromatic rings. The SMILES string of the molecule is CN[C@@H](Cc1ccc(O)c(-n2[nH]c(=O)n(-c3ccc(OCCOCCOCCN=[N+]=[N-])cc3)c2=O)c1)C(C)=O. The molecule has 3 N–H and O–H groups in total. The monoisotopic (exact) mass is 541 g/mol. The first-order valence-corrected chi connectivity index (χ1v) is 12.2. The van der Waals surface area contributed by atoms with Gasteiger partial charge in [-0.25, -0.2) is 19.3 Å². The van der Waals surface area contributed by atoms with Crippen LogP contribution in [0.3, 0.4) is 0 Å². The number of nitrogens with one attached hydrogen (secondary N) is 2. The summed E-state index contributed by atoms with van der Waals surface area (Å²) < 4.78 is 18.1. The summed E-state index contributed by atoms with van der Waals surface area (Å²) in [6.07, 6.45) is 0.345. The van der Waals surface area contributed by atoms with Crippen molar-refractivity contribution in [2.75, 3.05) is 46.6 Å². The number of nitrogens with zero attached hydrogens (tertiary/aromatic N) is 5. The zero-order valence-electron chi connectivity index (χ0n) is 21.7. The first kappa shape index (κ1) is 29.2. The standard InChI is InChI=1S/C25H31N7O7/c1-17(33)21(27-2)15-18-3-8-23(34)22(16-18)32-25(36)31(24(35)29-32)19-4-6-20(7-5-19)39-14-13-38-12-11-37-10-9-28-30-26/h3-8,16,21,27,34H,9-15H2,1-2H3,(H,29,35)/t21-/m0/s1. The number of hydrogen-bond acceptors (Lipinski definition) is 9. The summed E-state index contributed by atoms with van der Waals surface area (Å²) in [5, 5.41) is 19.1. The topological polar surface area (TPSA) is 186 Å². The Hall–Kier alpha value is -4.36. The van der Waals surface area contributed by atoms with Gasteiger partial charge in [-0.1, -0.05) is 11.2 Å². The Morgan fingerprint density at radius 2 is 1.79 bits per heavy atom. The average molecular weight is 542 g/mol. The Balaban J connectivity index is 1.63. The minimum Gasteiger partial charge on any atom is -0.506 e. The predicted molar refractivity (Wildman–Crippen MR) is 142 cm³/mol. The maximum absolute atomic E-state index is 13.1. The van der Waals surface area contributed by atoms with Crippen LogP contribution >= 0.6 is 0 Å². The third kappa shape index (κ3) is 8.06. The zero-order valence-corrected chi connectivity index (χ0v) is 21.7. The number of H-pyrrole nitrogens is 1. The molecule has 3 rings (SSSR count). The summed E-state index contributed by atoms with van der Waals surface area (Å²) in [5.74, 6) is 0.268. The Kier molecular flexibility index (Phi) is 10.9. The lowest BCUT2D eigenvalue weighted by Crippen LogP contribution is -2.34. The van der Waals surface area contributed by atoms with Gasteiger partial charge in [0.2, 0.25) is 0 Å². The van der Waals surface area contributed by atoms with E-state index in [1.807, 2.05) is 0 Å². The van der Waals surface area contributed by atoms with Crippen LogP contribution in [0.2, 0.25) is 0 Å². The van der Waals surface area contributed by atoms with Crippen molar-refractivity contribution in [3.8, 4) is 22.9 Å². The van der Waals surface area contributed by atoms with Crippen molar-refractivity contribution in [2.24, 2.45) is 5.11 Å². The molecule has 0 aliphatic carbocycles. The van der Waals surface area contributed by atoms with E-state index in [0.717, 1.165) is 9.25 Å². The summed E-state index contributed by atoms with van der Waals surface area (Å²) >= 11 is 0. The largest absolute Gasteiger partial charge is 0.506 e. The van der Waals surface area contributed by atoms with Gasteiger partial charge in [0, 0.05) is 11.5 Å². The van der Waals surface area contributed by atoms with Gasteiger partial charge < -0.3 is 24.6 Å². The Bertz CT molecular complexity index is 1410. The van der Waals surface area contributed by atoms with E-state index in [1.165, 1.54) is 13.0 Å². The number of phenols is 1. The molecule has 14 nitrogen and oxygen atoms in total. The molecule has 0 saturated heterocycles. The van der Waals surface area contributed by atoms with Crippen LogP contribution in [-0.2, 0) is 20.7 Å². The molecule has 39 heavy (non-hydrogen) atoms. The normalized spacial score (nSPS) is 11.6. The number of hydrogen-bond donors (Lipinski definition) is 3. The third-order valence-electron chi connectivity index (χ3n) is 5.72. The number of aromatic nitrogens is 3. The molecular formula is C25H31N7O7. The molecule has 0 radical (unpaired) electrons. The molecular weight excluding hydrogens is 510 g/mol. The van der Waals surface area contributed by atoms with E-state index >= 15 is 0 Å². The fourth-order valence-corrected chi connectivity index (χ4v) is 3.71. The van der Waals surface area contributed by atoms with Crippen LogP contribution in [0.15, 0.2) is 57.2 Å². The number of carbonyl (C=O) groups excluding carboxylic acids is 1. The van der Waals surface area contributed by atoms with E-state index in [2.05, 4.69) is 20.4 Å². The quantitative estimate of drug-likeness (QED) is 0.105. The minimum atomic E-state index is -0.701. The van der Waals surface area contributed by atoms with E-state index in [4.69, 9.17) is 19.7 Å². The van der Waals surface area contributed by atoms with E-state index < -0.39 is 17.4 Å². The first-order chi connectivity index (χ1) is 18.8.